The summed E-state index contributed by atoms with van der Waals surface area (Å²) in [6.45, 7) is 9.73. The first-order valence-electron chi connectivity index (χ1n) is 11.4. The monoisotopic (exact) mass is 414 g/mol. The molecule has 30 heavy (non-hydrogen) atoms. The van der Waals surface area contributed by atoms with Gasteiger partial charge in [0.15, 0.2) is 5.58 Å². The van der Waals surface area contributed by atoms with E-state index in [-0.39, 0.29) is 17.9 Å². The van der Waals surface area contributed by atoms with Crippen LogP contribution in [0.3, 0.4) is 0 Å². The second-order valence-corrected chi connectivity index (χ2v) is 8.85. The minimum Gasteiger partial charge on any atom is -0.463 e. The van der Waals surface area contributed by atoms with Gasteiger partial charge in [-0.25, -0.2) is 0 Å². The number of amides is 2. The predicted molar refractivity (Wildman–Crippen MR) is 116 cm³/mol. The molecule has 4 rings (SSSR count). The molecule has 0 bridgehead atoms. The predicted octanol–water partition coefficient (Wildman–Crippen LogP) is 3.24. The van der Waals surface area contributed by atoms with Crippen molar-refractivity contribution in [1.82, 2.24) is 19.7 Å². The van der Waals surface area contributed by atoms with Crippen LogP contribution in [0.1, 0.15) is 63.4 Å². The Kier molecular flexibility index (Phi) is 5.91. The number of carbonyl (C=O) groups excluding carboxylic acids is 2. The molecule has 1 saturated carbocycles. The molecule has 1 aliphatic carbocycles. The summed E-state index contributed by atoms with van der Waals surface area (Å²) in [6.07, 6.45) is 7.23. The van der Waals surface area contributed by atoms with Gasteiger partial charge in [0.25, 0.3) is 5.91 Å². The normalized spacial score (nSPS) is 22.7. The fraction of sp³-hybridized carbons (Fsp3) is 0.652. The molecular weight excluding hydrogens is 380 g/mol. The molecule has 7 heteroatoms. The number of nitrogens with one attached hydrogen (secondary N) is 1. The Labute approximate surface area is 178 Å². The third-order valence-corrected chi connectivity index (χ3v) is 7.01. The highest BCUT2D eigenvalue weighted by Crippen LogP contribution is 2.33. The van der Waals surface area contributed by atoms with Crippen LogP contribution in [-0.2, 0) is 11.3 Å². The molecule has 0 spiro atoms. The summed E-state index contributed by atoms with van der Waals surface area (Å²) in [5.41, 5.74) is 1.24. The Morgan fingerprint density at radius 3 is 2.70 bits per heavy atom. The maximum Gasteiger partial charge on any atom is 0.271 e. The number of aromatic nitrogens is 1. The van der Waals surface area contributed by atoms with Crippen LogP contribution < -0.4 is 5.32 Å². The van der Waals surface area contributed by atoms with Gasteiger partial charge in [-0.15, -0.1) is 0 Å². The number of rotatable bonds is 7. The quantitative estimate of drug-likeness (QED) is 0.755. The van der Waals surface area contributed by atoms with Crippen molar-refractivity contribution >= 4 is 22.9 Å². The molecule has 0 aromatic carbocycles. The van der Waals surface area contributed by atoms with Crippen LogP contribution in [0.4, 0.5) is 0 Å². The molecule has 2 aromatic heterocycles. The molecule has 1 atom stereocenters. The van der Waals surface area contributed by atoms with E-state index in [1.807, 2.05) is 17.6 Å². The maximum atomic E-state index is 13.6. The van der Waals surface area contributed by atoms with Crippen molar-refractivity contribution < 1.29 is 14.0 Å². The van der Waals surface area contributed by atoms with Crippen molar-refractivity contribution in [3.8, 4) is 0 Å². The minimum absolute atomic E-state index is 0.0432. The first-order valence-corrected chi connectivity index (χ1v) is 11.4. The lowest BCUT2D eigenvalue weighted by Crippen LogP contribution is -2.65. The number of carbonyl (C=O) groups is 2. The summed E-state index contributed by atoms with van der Waals surface area (Å²) in [4.78, 5) is 31.2. The van der Waals surface area contributed by atoms with Crippen molar-refractivity contribution in [3.05, 3.63) is 24.1 Å². The molecule has 0 saturated heterocycles. The van der Waals surface area contributed by atoms with E-state index in [0.29, 0.717) is 24.4 Å². The van der Waals surface area contributed by atoms with Gasteiger partial charge in [-0.1, -0.05) is 33.1 Å². The fourth-order valence-electron chi connectivity index (χ4n) is 4.99. The lowest BCUT2D eigenvalue weighted by atomic mass is 9.91. The van der Waals surface area contributed by atoms with Gasteiger partial charge >= 0.3 is 0 Å². The molecule has 2 aliphatic rings. The largest absolute Gasteiger partial charge is 0.463 e. The van der Waals surface area contributed by atoms with Crippen LogP contribution in [0.2, 0.25) is 0 Å². The average Bonchev–Trinajstić information content (AvgIpc) is 3.34. The van der Waals surface area contributed by atoms with Crippen LogP contribution in [0.25, 0.3) is 11.1 Å². The van der Waals surface area contributed by atoms with Crippen molar-refractivity contribution in [1.29, 1.82) is 0 Å². The molecule has 1 N–H and O–H groups in total. The van der Waals surface area contributed by atoms with Crippen molar-refractivity contribution in [2.75, 3.05) is 26.2 Å². The zero-order valence-electron chi connectivity index (χ0n) is 18.4. The van der Waals surface area contributed by atoms with Crippen molar-refractivity contribution in [2.24, 2.45) is 0 Å². The summed E-state index contributed by atoms with van der Waals surface area (Å²) in [5.74, 6) is -0.139. The number of nitrogens with zero attached hydrogens (tertiary/aromatic N) is 3. The lowest BCUT2D eigenvalue weighted by Gasteiger charge is -2.45. The van der Waals surface area contributed by atoms with Crippen molar-refractivity contribution in [3.63, 3.8) is 0 Å². The molecule has 0 radical (unpaired) electrons. The van der Waals surface area contributed by atoms with E-state index >= 15 is 0 Å². The molecule has 1 fully saturated rings. The molecule has 2 aromatic rings. The van der Waals surface area contributed by atoms with Crippen molar-refractivity contribution in [2.45, 2.75) is 71.0 Å². The van der Waals surface area contributed by atoms with Gasteiger partial charge in [-0.2, -0.15) is 0 Å². The van der Waals surface area contributed by atoms with Crippen LogP contribution in [0.5, 0.6) is 0 Å². The highest BCUT2D eigenvalue weighted by Gasteiger charge is 2.48. The maximum absolute atomic E-state index is 13.6. The van der Waals surface area contributed by atoms with E-state index in [1.165, 1.54) is 6.42 Å². The number of hydrogen-bond acceptors (Lipinski definition) is 4. The molecular formula is C23H34N4O3. The molecule has 164 valence electrons. The summed E-state index contributed by atoms with van der Waals surface area (Å²) in [7, 11) is 0. The Morgan fingerprint density at radius 1 is 1.27 bits per heavy atom. The molecule has 2 amide bonds. The zero-order chi connectivity index (χ0) is 21.3. The standard InChI is InChI=1S/C23H34N4O3/c1-4-25(5-2)12-13-27-21(28)19-15-20-18(11-14-30-20)26(19)16-23(27,3)22(29)24-17-9-7-6-8-10-17/h11,14-15,17H,4-10,12-13,16H2,1-3H3,(H,24,29)/t23-/m0/s1. The summed E-state index contributed by atoms with van der Waals surface area (Å²) in [5, 5.41) is 3.28. The number of hydrogen-bond donors (Lipinski definition) is 1. The van der Waals surface area contributed by atoms with E-state index in [4.69, 9.17) is 4.42 Å². The van der Waals surface area contributed by atoms with Gasteiger partial charge in [0.05, 0.1) is 18.3 Å². The highest BCUT2D eigenvalue weighted by atomic mass is 16.3. The molecule has 0 unspecified atom stereocenters. The summed E-state index contributed by atoms with van der Waals surface area (Å²) in [6, 6.07) is 3.89. The van der Waals surface area contributed by atoms with Gasteiger partial charge in [0.1, 0.15) is 11.2 Å². The first kappa shape index (κ1) is 21.0. The van der Waals surface area contributed by atoms with Gasteiger partial charge < -0.3 is 24.1 Å². The van der Waals surface area contributed by atoms with Gasteiger partial charge in [0, 0.05) is 31.3 Å². The van der Waals surface area contributed by atoms with Crippen LogP contribution in [0, 0.1) is 0 Å². The van der Waals surface area contributed by atoms with Gasteiger partial charge in [0.2, 0.25) is 5.91 Å². The van der Waals surface area contributed by atoms with Gasteiger partial charge in [-0.3, -0.25) is 9.59 Å². The number of likely N-dealkylation sites (N-methyl/N-ethyl adjacent to an activating group) is 1. The second kappa shape index (κ2) is 8.46. The third-order valence-electron chi connectivity index (χ3n) is 7.01. The number of fused-ring (bicyclic) bond motifs is 3. The SMILES string of the molecule is CCN(CC)CCN1C(=O)c2cc3occc3n2C[C@@]1(C)C(=O)NC1CCCCC1. The molecule has 7 nitrogen and oxygen atoms in total. The topological polar surface area (TPSA) is 70.7 Å². The van der Waals surface area contributed by atoms with E-state index in [1.54, 1.807) is 17.2 Å². The Morgan fingerprint density at radius 2 is 2.00 bits per heavy atom. The Hall–Kier alpha value is -2.28. The lowest BCUT2D eigenvalue weighted by molar-refractivity contribution is -0.133. The van der Waals surface area contributed by atoms with Gasteiger partial charge in [-0.05, 0) is 32.9 Å². The number of furan rings is 1. The summed E-state index contributed by atoms with van der Waals surface area (Å²) >= 11 is 0. The highest BCUT2D eigenvalue weighted by molar-refractivity contribution is 6.02. The Bertz CT molecular complexity index is 907. The van der Waals surface area contributed by atoms with E-state index in [2.05, 4.69) is 24.1 Å². The van der Waals surface area contributed by atoms with Crippen LogP contribution in [0.15, 0.2) is 22.8 Å². The van der Waals surface area contributed by atoms with Crippen LogP contribution >= 0.6 is 0 Å². The van der Waals surface area contributed by atoms with E-state index in [0.717, 1.165) is 50.8 Å². The second-order valence-electron chi connectivity index (χ2n) is 8.85. The van der Waals surface area contributed by atoms with E-state index < -0.39 is 5.54 Å². The summed E-state index contributed by atoms with van der Waals surface area (Å²) < 4.78 is 7.49. The first-order chi connectivity index (χ1) is 14.5. The third kappa shape index (κ3) is 3.64. The van der Waals surface area contributed by atoms with E-state index in [9.17, 15) is 9.59 Å². The minimum atomic E-state index is -0.933. The molecule has 1 aliphatic heterocycles. The Balaban J connectivity index is 1.65. The average molecular weight is 415 g/mol. The fourth-order valence-corrected chi connectivity index (χ4v) is 4.99. The smallest absolute Gasteiger partial charge is 0.271 e. The zero-order valence-corrected chi connectivity index (χ0v) is 18.4. The van der Waals surface area contributed by atoms with Crippen LogP contribution in [-0.4, -0.2) is 63.9 Å². The molecule has 3 heterocycles.